The first-order chi connectivity index (χ1) is 9.60. The number of benzene rings is 1. The summed E-state index contributed by atoms with van der Waals surface area (Å²) < 4.78 is 5.89. The number of hydrogen-bond donors (Lipinski definition) is 0. The van der Waals surface area contributed by atoms with Gasteiger partial charge in [-0.3, -0.25) is 4.98 Å². The van der Waals surface area contributed by atoms with Gasteiger partial charge < -0.3 is 9.53 Å². The minimum atomic E-state index is -0.542. The van der Waals surface area contributed by atoms with Crippen LogP contribution in [0.15, 0.2) is 42.5 Å². The van der Waals surface area contributed by atoms with Crippen LogP contribution in [0.2, 0.25) is 0 Å². The quantitative estimate of drug-likeness (QED) is 0.777. The van der Waals surface area contributed by atoms with Gasteiger partial charge in [0, 0.05) is 11.4 Å². The second-order valence-electron chi connectivity index (χ2n) is 4.93. The molecule has 0 amide bonds. The minimum absolute atomic E-state index is 0.161. The molecular formula is C17H19NO2. The highest BCUT2D eigenvalue weighted by molar-refractivity contribution is 5.59. The van der Waals surface area contributed by atoms with Gasteiger partial charge in [-0.15, -0.1) is 0 Å². The Morgan fingerprint density at radius 1 is 1.05 bits per heavy atom. The summed E-state index contributed by atoms with van der Waals surface area (Å²) in [4.78, 5) is 15.6. The maximum absolute atomic E-state index is 11.3. The fraction of sp³-hybridized carbons (Fsp3) is 0.294. The predicted octanol–water partition coefficient (Wildman–Crippen LogP) is 3.72. The topological polar surface area (TPSA) is 39.2 Å². The molecule has 2 aromatic rings. The van der Waals surface area contributed by atoms with Gasteiger partial charge in [0.2, 0.25) is 0 Å². The molecule has 1 heterocycles. The highest BCUT2D eigenvalue weighted by atomic mass is 16.5. The van der Waals surface area contributed by atoms with Gasteiger partial charge in [0.1, 0.15) is 6.10 Å². The first-order valence-corrected chi connectivity index (χ1v) is 6.71. The SMILES string of the molecule is Cc1cc(C(C)OC(C=O)c2ccccc2)cc(C)n1. The Morgan fingerprint density at radius 2 is 1.65 bits per heavy atom. The molecule has 2 atom stereocenters. The molecular weight excluding hydrogens is 250 g/mol. The molecule has 0 fully saturated rings. The van der Waals surface area contributed by atoms with E-state index in [0.29, 0.717) is 0 Å². The Kier molecular flexibility index (Phi) is 4.64. The van der Waals surface area contributed by atoms with Crippen molar-refractivity contribution < 1.29 is 9.53 Å². The average molecular weight is 269 g/mol. The van der Waals surface area contributed by atoms with Crippen LogP contribution >= 0.6 is 0 Å². The second-order valence-corrected chi connectivity index (χ2v) is 4.93. The maximum Gasteiger partial charge on any atom is 0.153 e. The molecule has 1 aromatic carbocycles. The Labute approximate surface area is 119 Å². The van der Waals surface area contributed by atoms with E-state index < -0.39 is 6.10 Å². The number of carbonyl (C=O) groups is 1. The van der Waals surface area contributed by atoms with E-state index in [1.165, 1.54) is 0 Å². The van der Waals surface area contributed by atoms with Crippen molar-refractivity contribution in [2.24, 2.45) is 0 Å². The molecule has 2 rings (SSSR count). The molecule has 3 nitrogen and oxygen atoms in total. The summed E-state index contributed by atoms with van der Waals surface area (Å²) in [7, 11) is 0. The van der Waals surface area contributed by atoms with Crippen LogP contribution in [0.5, 0.6) is 0 Å². The third-order valence-corrected chi connectivity index (χ3v) is 3.18. The Balaban J connectivity index is 2.17. The molecule has 104 valence electrons. The van der Waals surface area contributed by atoms with Crippen LogP contribution in [-0.2, 0) is 9.53 Å². The molecule has 1 aromatic heterocycles. The highest BCUT2D eigenvalue weighted by Crippen LogP contribution is 2.25. The molecule has 0 radical (unpaired) electrons. The molecule has 0 saturated heterocycles. The van der Waals surface area contributed by atoms with Gasteiger partial charge in [-0.2, -0.15) is 0 Å². The first-order valence-electron chi connectivity index (χ1n) is 6.71. The van der Waals surface area contributed by atoms with Gasteiger partial charge in [0.15, 0.2) is 6.29 Å². The Hall–Kier alpha value is -2.00. The molecule has 3 heteroatoms. The summed E-state index contributed by atoms with van der Waals surface area (Å²) in [5, 5.41) is 0. The number of rotatable bonds is 5. The van der Waals surface area contributed by atoms with Gasteiger partial charge in [0.25, 0.3) is 0 Å². The minimum Gasteiger partial charge on any atom is -0.358 e. The third-order valence-electron chi connectivity index (χ3n) is 3.18. The average Bonchev–Trinajstić information content (AvgIpc) is 2.44. The number of aromatic nitrogens is 1. The number of nitrogens with zero attached hydrogens (tertiary/aromatic N) is 1. The molecule has 0 aliphatic rings. The molecule has 0 saturated carbocycles. The summed E-state index contributed by atoms with van der Waals surface area (Å²) in [6, 6.07) is 13.5. The van der Waals surface area contributed by atoms with Crippen molar-refractivity contribution in [3.63, 3.8) is 0 Å². The molecule has 20 heavy (non-hydrogen) atoms. The number of hydrogen-bond acceptors (Lipinski definition) is 3. The van der Waals surface area contributed by atoms with E-state index in [0.717, 1.165) is 28.8 Å². The summed E-state index contributed by atoms with van der Waals surface area (Å²) >= 11 is 0. The molecule has 0 spiro atoms. The van der Waals surface area contributed by atoms with Gasteiger partial charge in [-0.25, -0.2) is 0 Å². The van der Waals surface area contributed by atoms with E-state index in [4.69, 9.17) is 4.74 Å². The van der Waals surface area contributed by atoms with Crippen LogP contribution in [0.25, 0.3) is 0 Å². The maximum atomic E-state index is 11.3. The van der Waals surface area contributed by atoms with E-state index in [-0.39, 0.29) is 6.10 Å². The monoisotopic (exact) mass is 269 g/mol. The standard InChI is InChI=1S/C17H19NO2/c1-12-9-16(10-13(2)18-12)14(3)20-17(11-19)15-7-5-4-6-8-15/h4-11,14,17H,1-3H3. The molecule has 2 unspecified atom stereocenters. The van der Waals surface area contributed by atoms with Gasteiger partial charge >= 0.3 is 0 Å². The first kappa shape index (κ1) is 14.4. The number of aldehydes is 1. The summed E-state index contributed by atoms with van der Waals surface area (Å²) in [5.74, 6) is 0. The van der Waals surface area contributed by atoms with Crippen molar-refractivity contribution in [3.8, 4) is 0 Å². The number of carbonyl (C=O) groups excluding carboxylic acids is 1. The zero-order chi connectivity index (χ0) is 14.5. The van der Waals surface area contributed by atoms with Crippen molar-refractivity contribution >= 4 is 6.29 Å². The van der Waals surface area contributed by atoms with E-state index >= 15 is 0 Å². The molecule has 0 aliphatic heterocycles. The lowest BCUT2D eigenvalue weighted by atomic mass is 10.1. The largest absolute Gasteiger partial charge is 0.358 e. The van der Waals surface area contributed by atoms with Crippen LogP contribution in [0.4, 0.5) is 0 Å². The lowest BCUT2D eigenvalue weighted by Crippen LogP contribution is -2.10. The Bertz CT molecular complexity index is 561. The summed E-state index contributed by atoms with van der Waals surface area (Å²) in [6.07, 6.45) is 0.137. The fourth-order valence-electron chi connectivity index (χ4n) is 2.23. The molecule has 0 N–H and O–H groups in total. The zero-order valence-corrected chi connectivity index (χ0v) is 12.0. The van der Waals surface area contributed by atoms with Gasteiger partial charge in [-0.05, 0) is 44.0 Å². The van der Waals surface area contributed by atoms with Crippen LogP contribution in [-0.4, -0.2) is 11.3 Å². The zero-order valence-electron chi connectivity index (χ0n) is 12.0. The number of ether oxygens (including phenoxy) is 1. The van der Waals surface area contributed by atoms with Crippen molar-refractivity contribution in [2.75, 3.05) is 0 Å². The Morgan fingerprint density at radius 3 is 2.20 bits per heavy atom. The summed E-state index contributed by atoms with van der Waals surface area (Å²) in [6.45, 7) is 5.86. The molecule has 0 bridgehead atoms. The number of aryl methyl sites for hydroxylation is 2. The highest BCUT2D eigenvalue weighted by Gasteiger charge is 2.16. The normalized spacial score (nSPS) is 13.8. The van der Waals surface area contributed by atoms with E-state index in [9.17, 15) is 4.79 Å². The van der Waals surface area contributed by atoms with Crippen LogP contribution in [0, 0.1) is 13.8 Å². The van der Waals surface area contributed by atoms with E-state index in [2.05, 4.69) is 4.98 Å². The van der Waals surface area contributed by atoms with Crippen LogP contribution < -0.4 is 0 Å². The lowest BCUT2D eigenvalue weighted by Gasteiger charge is -2.19. The third kappa shape index (κ3) is 3.52. The fourth-order valence-corrected chi connectivity index (χ4v) is 2.23. The van der Waals surface area contributed by atoms with E-state index in [1.54, 1.807) is 0 Å². The van der Waals surface area contributed by atoms with Crippen molar-refractivity contribution in [1.29, 1.82) is 0 Å². The smallest absolute Gasteiger partial charge is 0.153 e. The van der Waals surface area contributed by atoms with Crippen LogP contribution in [0.1, 0.15) is 41.6 Å². The second kappa shape index (κ2) is 6.44. The number of pyridine rings is 1. The van der Waals surface area contributed by atoms with Gasteiger partial charge in [0.05, 0.1) is 6.10 Å². The predicted molar refractivity (Wildman–Crippen MR) is 78.5 cm³/mol. The van der Waals surface area contributed by atoms with E-state index in [1.807, 2.05) is 63.2 Å². The van der Waals surface area contributed by atoms with Crippen molar-refractivity contribution in [1.82, 2.24) is 4.98 Å². The lowest BCUT2D eigenvalue weighted by molar-refractivity contribution is -0.122. The summed E-state index contributed by atoms with van der Waals surface area (Å²) in [5.41, 5.74) is 3.82. The van der Waals surface area contributed by atoms with Crippen molar-refractivity contribution in [2.45, 2.75) is 33.0 Å². The van der Waals surface area contributed by atoms with Crippen LogP contribution in [0.3, 0.4) is 0 Å². The molecule has 0 aliphatic carbocycles. The van der Waals surface area contributed by atoms with Crippen molar-refractivity contribution in [3.05, 3.63) is 65.0 Å². The van der Waals surface area contributed by atoms with Gasteiger partial charge in [-0.1, -0.05) is 30.3 Å².